The van der Waals surface area contributed by atoms with Gasteiger partial charge in [0.05, 0.1) is 10.6 Å². The van der Waals surface area contributed by atoms with Crippen molar-refractivity contribution in [3.63, 3.8) is 0 Å². The van der Waals surface area contributed by atoms with Crippen molar-refractivity contribution in [3.05, 3.63) is 130 Å². The Hall–Kier alpha value is -3.95. The van der Waals surface area contributed by atoms with Gasteiger partial charge in [0.1, 0.15) is 12.6 Å². The van der Waals surface area contributed by atoms with E-state index in [1.165, 1.54) is 4.31 Å². The summed E-state index contributed by atoms with van der Waals surface area (Å²) >= 11 is 3.49. The van der Waals surface area contributed by atoms with Gasteiger partial charge in [0.15, 0.2) is 0 Å². The molecule has 1 N–H and O–H groups in total. The summed E-state index contributed by atoms with van der Waals surface area (Å²) in [5.74, 6) is -0.693. The van der Waals surface area contributed by atoms with Crippen molar-refractivity contribution in [1.29, 1.82) is 0 Å². The Bertz CT molecular complexity index is 1760. The molecule has 47 heavy (non-hydrogen) atoms. The molecule has 1 atom stereocenters. The first-order chi connectivity index (χ1) is 22.6. The van der Waals surface area contributed by atoms with Gasteiger partial charge in [0.2, 0.25) is 11.8 Å². The van der Waals surface area contributed by atoms with Gasteiger partial charge in [-0.3, -0.25) is 13.9 Å². The Morgan fingerprint density at radius 2 is 1.45 bits per heavy atom. The van der Waals surface area contributed by atoms with E-state index in [2.05, 4.69) is 21.2 Å². The minimum atomic E-state index is -4.15. The second kappa shape index (κ2) is 15.8. The van der Waals surface area contributed by atoms with E-state index >= 15 is 0 Å². The van der Waals surface area contributed by atoms with Gasteiger partial charge < -0.3 is 10.2 Å². The Kier molecular flexibility index (Phi) is 11.5. The lowest BCUT2D eigenvalue weighted by atomic mass is 9.94. The number of carbonyl (C=O) groups is 2. The predicted molar refractivity (Wildman–Crippen MR) is 191 cm³/mol. The Balaban J connectivity index is 1.56. The maximum absolute atomic E-state index is 14.7. The third-order valence-corrected chi connectivity index (χ3v) is 11.1. The summed E-state index contributed by atoms with van der Waals surface area (Å²) in [6.45, 7) is 3.38. The molecule has 4 aromatic carbocycles. The summed E-state index contributed by atoms with van der Waals surface area (Å²) in [5, 5.41) is 3.25. The normalized spacial score (nSPS) is 14.3. The molecule has 7 nitrogen and oxygen atoms in total. The van der Waals surface area contributed by atoms with Crippen LogP contribution >= 0.6 is 15.9 Å². The lowest BCUT2D eigenvalue weighted by Crippen LogP contribution is -2.55. The van der Waals surface area contributed by atoms with E-state index in [4.69, 9.17) is 0 Å². The molecule has 9 heteroatoms. The molecule has 2 amide bonds. The summed E-state index contributed by atoms with van der Waals surface area (Å²) < 4.78 is 30.6. The maximum atomic E-state index is 14.7. The number of para-hydroxylation sites is 1. The molecule has 0 aromatic heterocycles. The highest BCUT2D eigenvalue weighted by Gasteiger charge is 2.35. The summed E-state index contributed by atoms with van der Waals surface area (Å²) in [7, 11) is -4.15. The van der Waals surface area contributed by atoms with Crippen molar-refractivity contribution in [2.24, 2.45) is 0 Å². The zero-order chi connectivity index (χ0) is 33.4. The summed E-state index contributed by atoms with van der Waals surface area (Å²) in [5.41, 5.74) is 3.79. The number of rotatable bonds is 12. The summed E-state index contributed by atoms with van der Waals surface area (Å²) in [6, 6.07) is 30.2. The van der Waals surface area contributed by atoms with Crippen molar-refractivity contribution in [2.45, 2.75) is 75.9 Å². The van der Waals surface area contributed by atoms with Crippen LogP contribution in [0.3, 0.4) is 0 Å². The summed E-state index contributed by atoms with van der Waals surface area (Å²) in [6.07, 6.45) is 5.35. The fourth-order valence-electron chi connectivity index (χ4n) is 6.08. The Morgan fingerprint density at radius 3 is 2.11 bits per heavy atom. The Labute approximate surface area is 287 Å². The standard InChI is InChI=1S/C38H42BrN3O4S/c1-28-17-23-34(24-18-28)47(45,46)42(35-16-10-9-11-29(35)2)27-37(43)41(26-31-19-21-32(39)22-20-31)36(25-30-12-5-3-6-13-30)38(44)40-33-14-7-4-8-15-33/h3,5-6,9-13,16-24,33,36H,4,7-8,14-15,25-27H2,1-2H3,(H,40,44)/t36-/m0/s1. The van der Waals surface area contributed by atoms with Gasteiger partial charge in [-0.2, -0.15) is 0 Å². The quantitative estimate of drug-likeness (QED) is 0.166. The SMILES string of the molecule is Cc1ccc(S(=O)(=O)N(CC(=O)N(Cc2ccc(Br)cc2)[C@@H](Cc2ccccc2)C(=O)NC2CCCCC2)c2ccccc2C)cc1. The molecule has 0 unspecified atom stereocenters. The maximum Gasteiger partial charge on any atom is 0.264 e. The second-order valence-electron chi connectivity index (χ2n) is 12.3. The molecular weight excluding hydrogens is 674 g/mol. The average Bonchev–Trinajstić information content (AvgIpc) is 3.07. The number of hydrogen-bond donors (Lipinski definition) is 1. The van der Waals surface area contributed by atoms with Crippen molar-refractivity contribution in [2.75, 3.05) is 10.8 Å². The van der Waals surface area contributed by atoms with Crippen molar-refractivity contribution in [3.8, 4) is 0 Å². The lowest BCUT2D eigenvalue weighted by molar-refractivity contribution is -0.140. The van der Waals surface area contributed by atoms with Crippen LogP contribution in [0.5, 0.6) is 0 Å². The molecule has 0 radical (unpaired) electrons. The zero-order valence-electron chi connectivity index (χ0n) is 26.9. The number of hydrogen-bond acceptors (Lipinski definition) is 4. The van der Waals surface area contributed by atoms with Gasteiger partial charge in [-0.15, -0.1) is 0 Å². The molecule has 0 heterocycles. The minimum absolute atomic E-state index is 0.0459. The van der Waals surface area contributed by atoms with E-state index in [1.54, 1.807) is 41.3 Å². The monoisotopic (exact) mass is 715 g/mol. The molecule has 5 rings (SSSR count). The number of halogens is 1. The minimum Gasteiger partial charge on any atom is -0.352 e. The molecule has 0 bridgehead atoms. The molecule has 1 fully saturated rings. The molecule has 0 spiro atoms. The van der Waals surface area contributed by atoms with Crippen LogP contribution in [0.25, 0.3) is 0 Å². The van der Waals surface area contributed by atoms with Crippen LogP contribution in [-0.2, 0) is 32.6 Å². The molecule has 1 saturated carbocycles. The van der Waals surface area contributed by atoms with E-state index in [1.807, 2.05) is 80.6 Å². The predicted octanol–water partition coefficient (Wildman–Crippen LogP) is 7.35. The topological polar surface area (TPSA) is 86.8 Å². The van der Waals surface area contributed by atoms with Gasteiger partial charge in [-0.25, -0.2) is 8.42 Å². The van der Waals surface area contributed by atoms with Gasteiger partial charge >= 0.3 is 0 Å². The number of anilines is 1. The third-order valence-electron chi connectivity index (χ3n) is 8.76. The van der Waals surface area contributed by atoms with E-state index in [0.29, 0.717) is 11.3 Å². The highest BCUT2D eigenvalue weighted by Crippen LogP contribution is 2.28. The first-order valence-electron chi connectivity index (χ1n) is 16.1. The second-order valence-corrected chi connectivity index (χ2v) is 15.1. The average molecular weight is 717 g/mol. The smallest absolute Gasteiger partial charge is 0.264 e. The molecule has 0 saturated heterocycles. The molecule has 1 aliphatic carbocycles. The largest absolute Gasteiger partial charge is 0.352 e. The van der Waals surface area contributed by atoms with E-state index in [9.17, 15) is 18.0 Å². The van der Waals surface area contributed by atoms with Crippen LogP contribution < -0.4 is 9.62 Å². The number of benzene rings is 4. The van der Waals surface area contributed by atoms with Crippen molar-refractivity contribution < 1.29 is 18.0 Å². The van der Waals surface area contributed by atoms with Crippen LogP contribution in [0.15, 0.2) is 112 Å². The molecule has 246 valence electrons. The lowest BCUT2D eigenvalue weighted by Gasteiger charge is -2.35. The van der Waals surface area contributed by atoms with Gasteiger partial charge in [0.25, 0.3) is 10.0 Å². The van der Waals surface area contributed by atoms with Crippen molar-refractivity contribution in [1.82, 2.24) is 10.2 Å². The van der Waals surface area contributed by atoms with Gasteiger partial charge in [0, 0.05) is 23.5 Å². The number of sulfonamides is 1. The zero-order valence-corrected chi connectivity index (χ0v) is 29.3. The number of nitrogens with zero attached hydrogens (tertiary/aromatic N) is 2. The number of carbonyl (C=O) groups excluding carboxylic acids is 2. The van der Waals surface area contributed by atoms with Crippen LogP contribution in [-0.4, -0.2) is 43.8 Å². The molecular formula is C38H42BrN3O4S. The number of nitrogens with one attached hydrogen (secondary N) is 1. The van der Waals surface area contributed by atoms with Crippen LogP contribution in [0.1, 0.15) is 54.4 Å². The number of aryl methyl sites for hydroxylation is 2. The van der Waals surface area contributed by atoms with E-state index < -0.39 is 28.5 Å². The molecule has 1 aliphatic rings. The molecule has 0 aliphatic heterocycles. The fourth-order valence-corrected chi connectivity index (χ4v) is 7.82. The summed E-state index contributed by atoms with van der Waals surface area (Å²) in [4.78, 5) is 30.6. The van der Waals surface area contributed by atoms with E-state index in [-0.39, 0.29) is 29.8 Å². The highest BCUT2D eigenvalue weighted by molar-refractivity contribution is 9.10. The van der Waals surface area contributed by atoms with Crippen LogP contribution in [0.2, 0.25) is 0 Å². The highest BCUT2D eigenvalue weighted by atomic mass is 79.9. The first-order valence-corrected chi connectivity index (χ1v) is 18.4. The van der Waals surface area contributed by atoms with Crippen LogP contribution in [0, 0.1) is 13.8 Å². The fraction of sp³-hybridized carbons (Fsp3) is 0.316. The third kappa shape index (κ3) is 8.90. The first kappa shape index (κ1) is 34.4. The van der Waals surface area contributed by atoms with E-state index in [0.717, 1.165) is 53.3 Å². The van der Waals surface area contributed by atoms with Gasteiger partial charge in [-0.05, 0) is 73.7 Å². The Morgan fingerprint density at radius 1 is 0.809 bits per heavy atom. The van der Waals surface area contributed by atoms with Gasteiger partial charge in [-0.1, -0.05) is 114 Å². The van der Waals surface area contributed by atoms with Crippen molar-refractivity contribution >= 4 is 43.5 Å². The molecule has 4 aromatic rings. The van der Waals surface area contributed by atoms with Crippen LogP contribution in [0.4, 0.5) is 5.69 Å². The number of amides is 2.